The maximum Gasteiger partial charge on any atom is 0.247 e. The molecule has 100 valence electrons. The smallest absolute Gasteiger partial charge is 0.247 e. The van der Waals surface area contributed by atoms with Gasteiger partial charge < -0.3 is 10.2 Å². The highest BCUT2D eigenvalue weighted by atomic mass is 35.5. The zero-order valence-electron chi connectivity index (χ0n) is 10.6. The largest absolute Gasteiger partial charge is 0.353 e. The summed E-state index contributed by atoms with van der Waals surface area (Å²) in [7, 11) is 0. The molecule has 19 heavy (non-hydrogen) atoms. The molecule has 1 aliphatic rings. The first-order valence-corrected chi connectivity index (χ1v) is 6.48. The summed E-state index contributed by atoms with van der Waals surface area (Å²) in [6.07, 6.45) is 3.13. The Labute approximate surface area is 117 Å². The maximum atomic E-state index is 12.1. The fraction of sp³-hybridized carbons (Fsp3) is 0.286. The Bertz CT molecular complexity index is 528. The van der Waals surface area contributed by atoms with Crippen LogP contribution in [0.2, 0.25) is 5.02 Å². The van der Waals surface area contributed by atoms with Gasteiger partial charge in [-0.15, -0.1) is 0 Å². The Kier molecular flexibility index (Phi) is 4.22. The van der Waals surface area contributed by atoms with Gasteiger partial charge in [0.05, 0.1) is 0 Å². The highest BCUT2D eigenvalue weighted by Gasteiger charge is 2.27. The second-order valence-corrected chi connectivity index (χ2v) is 4.76. The molecule has 1 aromatic carbocycles. The molecule has 0 spiro atoms. The van der Waals surface area contributed by atoms with Crippen molar-refractivity contribution in [2.45, 2.75) is 13.0 Å². The molecule has 1 aliphatic heterocycles. The van der Waals surface area contributed by atoms with Crippen LogP contribution in [0, 0.1) is 0 Å². The third kappa shape index (κ3) is 3.15. The molecule has 1 saturated heterocycles. The summed E-state index contributed by atoms with van der Waals surface area (Å²) in [4.78, 5) is 25.1. The summed E-state index contributed by atoms with van der Waals surface area (Å²) in [5, 5.41) is 3.32. The number of piperazine rings is 1. The van der Waals surface area contributed by atoms with Crippen molar-refractivity contribution in [3.8, 4) is 0 Å². The average molecular weight is 279 g/mol. The van der Waals surface area contributed by atoms with E-state index < -0.39 is 6.04 Å². The molecule has 2 rings (SSSR count). The van der Waals surface area contributed by atoms with Crippen molar-refractivity contribution in [2.24, 2.45) is 0 Å². The zero-order chi connectivity index (χ0) is 13.8. The van der Waals surface area contributed by atoms with Crippen LogP contribution in [0.1, 0.15) is 12.5 Å². The van der Waals surface area contributed by atoms with E-state index in [-0.39, 0.29) is 11.8 Å². The summed E-state index contributed by atoms with van der Waals surface area (Å²) >= 11 is 6.01. The SMILES string of the molecule is CC1C(=O)NCCN1C(=O)/C=C/c1ccccc1Cl. The highest BCUT2D eigenvalue weighted by molar-refractivity contribution is 6.32. The van der Waals surface area contributed by atoms with Gasteiger partial charge in [0.1, 0.15) is 6.04 Å². The molecular weight excluding hydrogens is 264 g/mol. The van der Waals surface area contributed by atoms with Gasteiger partial charge in [-0.25, -0.2) is 0 Å². The summed E-state index contributed by atoms with van der Waals surface area (Å²) in [5.74, 6) is -0.298. The van der Waals surface area contributed by atoms with E-state index in [1.54, 1.807) is 24.0 Å². The molecule has 0 bridgehead atoms. The van der Waals surface area contributed by atoms with Gasteiger partial charge in [-0.05, 0) is 24.6 Å². The van der Waals surface area contributed by atoms with E-state index in [2.05, 4.69) is 5.32 Å². The van der Waals surface area contributed by atoms with E-state index in [0.29, 0.717) is 18.1 Å². The van der Waals surface area contributed by atoms with Crippen LogP contribution in [0.3, 0.4) is 0 Å². The van der Waals surface area contributed by atoms with Crippen molar-refractivity contribution < 1.29 is 9.59 Å². The minimum atomic E-state index is -0.433. The van der Waals surface area contributed by atoms with Crippen LogP contribution in [0.25, 0.3) is 6.08 Å². The van der Waals surface area contributed by atoms with Crippen LogP contribution < -0.4 is 5.32 Å². The lowest BCUT2D eigenvalue weighted by Crippen LogP contribution is -2.55. The Hall–Kier alpha value is -1.81. The molecule has 1 fully saturated rings. The van der Waals surface area contributed by atoms with Crippen molar-refractivity contribution in [2.75, 3.05) is 13.1 Å². The predicted molar refractivity (Wildman–Crippen MR) is 74.7 cm³/mol. The third-order valence-electron chi connectivity index (χ3n) is 3.09. The molecule has 1 N–H and O–H groups in total. The van der Waals surface area contributed by atoms with Gasteiger partial charge in [-0.3, -0.25) is 9.59 Å². The Morgan fingerprint density at radius 3 is 2.95 bits per heavy atom. The average Bonchev–Trinajstić information content (AvgIpc) is 2.40. The minimum Gasteiger partial charge on any atom is -0.353 e. The number of nitrogens with one attached hydrogen (secondary N) is 1. The van der Waals surface area contributed by atoms with Gasteiger partial charge in [0.2, 0.25) is 11.8 Å². The molecular formula is C14H15ClN2O2. The molecule has 4 nitrogen and oxygen atoms in total. The van der Waals surface area contributed by atoms with E-state index in [0.717, 1.165) is 5.56 Å². The van der Waals surface area contributed by atoms with E-state index in [1.165, 1.54) is 6.08 Å². The van der Waals surface area contributed by atoms with E-state index >= 15 is 0 Å². The lowest BCUT2D eigenvalue weighted by molar-refractivity contribution is -0.139. The fourth-order valence-corrected chi connectivity index (χ4v) is 2.15. The van der Waals surface area contributed by atoms with Crippen LogP contribution >= 0.6 is 11.6 Å². The molecule has 1 atom stereocenters. The molecule has 0 aromatic heterocycles. The molecule has 0 saturated carbocycles. The number of carbonyl (C=O) groups excluding carboxylic acids is 2. The summed E-state index contributed by atoms with van der Waals surface area (Å²) in [6, 6.07) is 6.85. The number of hydrogen-bond donors (Lipinski definition) is 1. The zero-order valence-corrected chi connectivity index (χ0v) is 11.4. The van der Waals surface area contributed by atoms with Crippen LogP contribution in [0.4, 0.5) is 0 Å². The molecule has 2 amide bonds. The highest BCUT2D eigenvalue weighted by Crippen LogP contribution is 2.16. The monoisotopic (exact) mass is 278 g/mol. The summed E-state index contributed by atoms with van der Waals surface area (Å²) in [5.41, 5.74) is 0.784. The quantitative estimate of drug-likeness (QED) is 0.837. The first kappa shape index (κ1) is 13.6. The van der Waals surface area contributed by atoms with Crippen molar-refractivity contribution in [1.29, 1.82) is 0 Å². The molecule has 0 aliphatic carbocycles. The Morgan fingerprint density at radius 1 is 1.47 bits per heavy atom. The van der Waals surface area contributed by atoms with Crippen molar-refractivity contribution in [3.63, 3.8) is 0 Å². The van der Waals surface area contributed by atoms with Gasteiger partial charge >= 0.3 is 0 Å². The topological polar surface area (TPSA) is 49.4 Å². The van der Waals surface area contributed by atoms with Crippen molar-refractivity contribution in [3.05, 3.63) is 40.9 Å². The van der Waals surface area contributed by atoms with Gasteiger partial charge in [-0.2, -0.15) is 0 Å². The van der Waals surface area contributed by atoms with Gasteiger partial charge in [0.25, 0.3) is 0 Å². The number of hydrogen-bond acceptors (Lipinski definition) is 2. The number of rotatable bonds is 2. The molecule has 5 heteroatoms. The van der Waals surface area contributed by atoms with Crippen LogP contribution in [-0.4, -0.2) is 35.8 Å². The van der Waals surface area contributed by atoms with Gasteiger partial charge in [-0.1, -0.05) is 29.8 Å². The standard InChI is InChI=1S/C14H15ClN2O2/c1-10-14(19)16-8-9-17(10)13(18)7-6-11-4-2-3-5-12(11)15/h2-7,10H,8-9H2,1H3,(H,16,19)/b7-6+. The minimum absolute atomic E-state index is 0.120. The number of halogens is 1. The fourth-order valence-electron chi connectivity index (χ4n) is 1.95. The Morgan fingerprint density at radius 2 is 2.21 bits per heavy atom. The number of nitrogens with zero attached hydrogens (tertiary/aromatic N) is 1. The van der Waals surface area contributed by atoms with Gasteiger partial charge in [0.15, 0.2) is 0 Å². The van der Waals surface area contributed by atoms with Crippen LogP contribution in [-0.2, 0) is 9.59 Å². The lowest BCUT2D eigenvalue weighted by Gasteiger charge is -2.31. The lowest BCUT2D eigenvalue weighted by atomic mass is 10.1. The predicted octanol–water partition coefficient (Wildman–Crippen LogP) is 1.70. The third-order valence-corrected chi connectivity index (χ3v) is 3.44. The van der Waals surface area contributed by atoms with Crippen LogP contribution in [0.5, 0.6) is 0 Å². The van der Waals surface area contributed by atoms with E-state index in [4.69, 9.17) is 11.6 Å². The van der Waals surface area contributed by atoms with E-state index in [1.807, 2.05) is 18.2 Å². The van der Waals surface area contributed by atoms with E-state index in [9.17, 15) is 9.59 Å². The van der Waals surface area contributed by atoms with Crippen molar-refractivity contribution in [1.82, 2.24) is 10.2 Å². The molecule has 1 unspecified atom stereocenters. The summed E-state index contributed by atoms with van der Waals surface area (Å²) < 4.78 is 0. The Balaban J connectivity index is 2.09. The first-order valence-electron chi connectivity index (χ1n) is 6.10. The number of carbonyl (C=O) groups is 2. The molecule has 1 heterocycles. The first-order chi connectivity index (χ1) is 9.09. The second-order valence-electron chi connectivity index (χ2n) is 4.35. The molecule has 0 radical (unpaired) electrons. The normalized spacial score (nSPS) is 19.6. The maximum absolute atomic E-state index is 12.1. The second kappa shape index (κ2) is 5.89. The molecule has 1 aromatic rings. The van der Waals surface area contributed by atoms with Gasteiger partial charge in [0, 0.05) is 24.2 Å². The van der Waals surface area contributed by atoms with Crippen LogP contribution in [0.15, 0.2) is 30.3 Å². The number of amides is 2. The number of benzene rings is 1. The van der Waals surface area contributed by atoms with Crippen molar-refractivity contribution >= 4 is 29.5 Å². The summed E-state index contributed by atoms with van der Waals surface area (Å²) in [6.45, 7) is 2.74.